The lowest BCUT2D eigenvalue weighted by Crippen LogP contribution is -2.02. The van der Waals surface area contributed by atoms with E-state index < -0.39 is 0 Å². The Balaban J connectivity index is 2.92. The summed E-state index contributed by atoms with van der Waals surface area (Å²) in [6.45, 7) is 8.12. The van der Waals surface area contributed by atoms with Gasteiger partial charge in [-0.05, 0) is 30.4 Å². The van der Waals surface area contributed by atoms with Crippen molar-refractivity contribution < 1.29 is 0 Å². The first kappa shape index (κ1) is 9.05. The Kier molecular flexibility index (Phi) is 3.09. The first-order chi connectivity index (χ1) is 5.79. The summed E-state index contributed by atoms with van der Waals surface area (Å²) in [6.07, 6.45) is 11.7. The molecule has 1 aliphatic carbocycles. The zero-order valence-electron chi connectivity index (χ0n) is 7.88. The van der Waals surface area contributed by atoms with Crippen molar-refractivity contribution in [2.24, 2.45) is 5.92 Å². The second-order valence-electron chi connectivity index (χ2n) is 3.14. The summed E-state index contributed by atoms with van der Waals surface area (Å²) < 4.78 is 0. The molecule has 0 nitrogen and oxygen atoms in total. The zero-order valence-corrected chi connectivity index (χ0v) is 7.88. The third kappa shape index (κ3) is 1.76. The summed E-state index contributed by atoms with van der Waals surface area (Å²) in [6, 6.07) is 0. The highest BCUT2D eigenvalue weighted by Crippen LogP contribution is 2.26. The monoisotopic (exact) mass is 160 g/mol. The SMILES string of the molecule is C=CC(=CC)C1=CC=CCC1C. The maximum atomic E-state index is 3.81. The summed E-state index contributed by atoms with van der Waals surface area (Å²) >= 11 is 0. The summed E-state index contributed by atoms with van der Waals surface area (Å²) in [4.78, 5) is 0. The minimum atomic E-state index is 0.638. The van der Waals surface area contributed by atoms with E-state index in [0.717, 1.165) is 6.42 Å². The third-order valence-corrected chi connectivity index (χ3v) is 2.30. The van der Waals surface area contributed by atoms with E-state index in [1.54, 1.807) is 0 Å². The van der Waals surface area contributed by atoms with Crippen molar-refractivity contribution in [3.63, 3.8) is 0 Å². The number of rotatable bonds is 2. The molecule has 0 saturated heterocycles. The van der Waals surface area contributed by atoms with Gasteiger partial charge in [-0.15, -0.1) is 0 Å². The molecular formula is C12H16. The van der Waals surface area contributed by atoms with Crippen molar-refractivity contribution in [1.29, 1.82) is 0 Å². The molecule has 64 valence electrons. The Morgan fingerprint density at radius 1 is 1.67 bits per heavy atom. The quantitative estimate of drug-likeness (QED) is 0.541. The van der Waals surface area contributed by atoms with Crippen LogP contribution in [-0.2, 0) is 0 Å². The smallest absolute Gasteiger partial charge is 0.0150 e. The maximum absolute atomic E-state index is 3.81. The Hall–Kier alpha value is -1.04. The van der Waals surface area contributed by atoms with E-state index in [2.05, 4.69) is 44.7 Å². The zero-order chi connectivity index (χ0) is 8.97. The van der Waals surface area contributed by atoms with Crippen LogP contribution >= 0.6 is 0 Å². The minimum absolute atomic E-state index is 0.638. The molecule has 0 aromatic carbocycles. The van der Waals surface area contributed by atoms with Crippen LogP contribution in [0, 0.1) is 5.92 Å². The van der Waals surface area contributed by atoms with Crippen molar-refractivity contribution >= 4 is 0 Å². The van der Waals surface area contributed by atoms with E-state index in [0.29, 0.717) is 5.92 Å². The van der Waals surface area contributed by atoms with Crippen molar-refractivity contribution in [2.45, 2.75) is 20.3 Å². The van der Waals surface area contributed by atoms with Crippen LogP contribution in [0.3, 0.4) is 0 Å². The third-order valence-electron chi connectivity index (χ3n) is 2.30. The standard InChI is InChI=1S/C12H16/c1-4-11(5-2)12-9-7-6-8-10(12)3/h4-7,9-10H,1,8H2,2-3H3. The normalized spacial score (nSPS) is 23.7. The van der Waals surface area contributed by atoms with Crippen LogP contribution < -0.4 is 0 Å². The molecule has 1 unspecified atom stereocenters. The molecule has 0 spiro atoms. The van der Waals surface area contributed by atoms with Gasteiger partial charge in [0.2, 0.25) is 0 Å². The van der Waals surface area contributed by atoms with E-state index in [1.807, 2.05) is 6.08 Å². The fourth-order valence-corrected chi connectivity index (χ4v) is 1.53. The Labute approximate surface area is 75.0 Å². The molecule has 0 aromatic rings. The summed E-state index contributed by atoms with van der Waals surface area (Å²) in [5.74, 6) is 0.638. The molecule has 0 fully saturated rings. The molecular weight excluding hydrogens is 144 g/mol. The van der Waals surface area contributed by atoms with Gasteiger partial charge in [-0.1, -0.05) is 43.9 Å². The second kappa shape index (κ2) is 4.10. The highest BCUT2D eigenvalue weighted by atomic mass is 14.2. The minimum Gasteiger partial charge on any atom is -0.0985 e. The molecule has 0 radical (unpaired) electrons. The summed E-state index contributed by atoms with van der Waals surface area (Å²) in [7, 11) is 0. The molecule has 0 aliphatic heterocycles. The predicted octanol–water partition coefficient (Wildman–Crippen LogP) is 3.64. The van der Waals surface area contributed by atoms with Crippen molar-refractivity contribution in [2.75, 3.05) is 0 Å². The molecule has 0 N–H and O–H groups in total. The molecule has 0 heterocycles. The van der Waals surface area contributed by atoms with E-state index >= 15 is 0 Å². The van der Waals surface area contributed by atoms with Crippen LogP contribution in [0.5, 0.6) is 0 Å². The van der Waals surface area contributed by atoms with E-state index in [-0.39, 0.29) is 0 Å². The van der Waals surface area contributed by atoms with Gasteiger partial charge >= 0.3 is 0 Å². The molecule has 1 aliphatic rings. The van der Waals surface area contributed by atoms with Gasteiger partial charge in [0.15, 0.2) is 0 Å². The van der Waals surface area contributed by atoms with Crippen molar-refractivity contribution in [3.05, 3.63) is 48.1 Å². The molecule has 0 bridgehead atoms. The van der Waals surface area contributed by atoms with Gasteiger partial charge in [-0.25, -0.2) is 0 Å². The largest absolute Gasteiger partial charge is 0.0985 e. The van der Waals surface area contributed by atoms with Crippen LogP contribution in [0.15, 0.2) is 48.1 Å². The van der Waals surface area contributed by atoms with E-state index in [4.69, 9.17) is 0 Å². The first-order valence-corrected chi connectivity index (χ1v) is 4.45. The predicted molar refractivity (Wildman–Crippen MR) is 55.0 cm³/mol. The van der Waals surface area contributed by atoms with Gasteiger partial charge in [0.25, 0.3) is 0 Å². The van der Waals surface area contributed by atoms with Gasteiger partial charge < -0.3 is 0 Å². The molecule has 12 heavy (non-hydrogen) atoms. The summed E-state index contributed by atoms with van der Waals surface area (Å²) in [5.41, 5.74) is 2.68. The number of hydrogen-bond acceptors (Lipinski definition) is 0. The lowest BCUT2D eigenvalue weighted by Gasteiger charge is -2.17. The molecule has 1 atom stereocenters. The lowest BCUT2D eigenvalue weighted by molar-refractivity contribution is 0.697. The number of hydrogen-bond donors (Lipinski definition) is 0. The van der Waals surface area contributed by atoms with Crippen LogP contribution in [0.1, 0.15) is 20.3 Å². The van der Waals surface area contributed by atoms with Gasteiger partial charge in [0, 0.05) is 0 Å². The molecule has 0 amide bonds. The fraction of sp³-hybridized carbons (Fsp3) is 0.333. The first-order valence-electron chi connectivity index (χ1n) is 4.45. The average Bonchev–Trinajstić information content (AvgIpc) is 2.10. The Morgan fingerprint density at radius 3 is 2.92 bits per heavy atom. The van der Waals surface area contributed by atoms with Gasteiger partial charge in [-0.2, -0.15) is 0 Å². The fourth-order valence-electron chi connectivity index (χ4n) is 1.53. The molecule has 0 saturated carbocycles. The lowest BCUT2D eigenvalue weighted by atomic mass is 9.88. The van der Waals surface area contributed by atoms with Crippen LogP contribution in [0.2, 0.25) is 0 Å². The van der Waals surface area contributed by atoms with Gasteiger partial charge in [0.1, 0.15) is 0 Å². The molecule has 0 heteroatoms. The van der Waals surface area contributed by atoms with E-state index in [1.165, 1.54) is 11.1 Å². The Bertz CT molecular complexity index is 251. The van der Waals surface area contributed by atoms with Crippen molar-refractivity contribution in [3.8, 4) is 0 Å². The molecule has 1 rings (SSSR count). The van der Waals surface area contributed by atoms with Gasteiger partial charge in [0.05, 0.1) is 0 Å². The highest BCUT2D eigenvalue weighted by Gasteiger charge is 2.10. The van der Waals surface area contributed by atoms with Crippen molar-refractivity contribution in [1.82, 2.24) is 0 Å². The number of allylic oxidation sites excluding steroid dienone is 7. The maximum Gasteiger partial charge on any atom is -0.0150 e. The highest BCUT2D eigenvalue weighted by molar-refractivity contribution is 5.43. The molecule has 0 aromatic heterocycles. The van der Waals surface area contributed by atoms with E-state index in [9.17, 15) is 0 Å². The van der Waals surface area contributed by atoms with Crippen LogP contribution in [0.4, 0.5) is 0 Å². The Morgan fingerprint density at radius 2 is 2.42 bits per heavy atom. The van der Waals surface area contributed by atoms with Gasteiger partial charge in [-0.3, -0.25) is 0 Å². The average molecular weight is 160 g/mol. The van der Waals surface area contributed by atoms with Crippen LogP contribution in [0.25, 0.3) is 0 Å². The topological polar surface area (TPSA) is 0 Å². The summed E-state index contributed by atoms with van der Waals surface area (Å²) in [5, 5.41) is 0. The van der Waals surface area contributed by atoms with Crippen LogP contribution in [-0.4, -0.2) is 0 Å². The second-order valence-corrected chi connectivity index (χ2v) is 3.14.